The average molecular weight is 275 g/mol. The highest BCUT2D eigenvalue weighted by atomic mass is 32.2. The lowest BCUT2D eigenvalue weighted by atomic mass is 9.99. The zero-order valence-electron chi connectivity index (χ0n) is 9.68. The summed E-state index contributed by atoms with van der Waals surface area (Å²) in [7, 11) is 0. The molecular weight excluding hydrogens is 260 g/mol. The number of alkyl halides is 2. The van der Waals surface area contributed by atoms with Gasteiger partial charge < -0.3 is 10.8 Å². The first-order chi connectivity index (χ1) is 8.47. The molecule has 0 heterocycles. The molecular formula is C12H15F2NO2S. The van der Waals surface area contributed by atoms with Gasteiger partial charge in [0.15, 0.2) is 5.54 Å². The number of halogens is 2. The predicted octanol–water partition coefficient (Wildman–Crippen LogP) is 2.36. The molecule has 6 heteroatoms. The highest BCUT2D eigenvalue weighted by molar-refractivity contribution is 7.98. The van der Waals surface area contributed by atoms with Crippen molar-refractivity contribution >= 4 is 17.7 Å². The lowest BCUT2D eigenvalue weighted by Gasteiger charge is -2.23. The maximum absolute atomic E-state index is 12.6. The van der Waals surface area contributed by atoms with Crippen LogP contribution in [0.5, 0.6) is 0 Å². The van der Waals surface area contributed by atoms with Crippen LogP contribution in [-0.2, 0) is 10.5 Å². The van der Waals surface area contributed by atoms with Crippen molar-refractivity contribution in [3.63, 3.8) is 0 Å². The van der Waals surface area contributed by atoms with E-state index in [-0.39, 0.29) is 12.2 Å². The minimum absolute atomic E-state index is 0.252. The molecule has 0 amide bonds. The summed E-state index contributed by atoms with van der Waals surface area (Å²) in [4.78, 5) is 10.7. The molecule has 3 N–H and O–H groups in total. The zero-order valence-corrected chi connectivity index (χ0v) is 10.5. The topological polar surface area (TPSA) is 63.3 Å². The van der Waals surface area contributed by atoms with Gasteiger partial charge in [-0.2, -0.15) is 11.8 Å². The van der Waals surface area contributed by atoms with Crippen LogP contribution < -0.4 is 5.73 Å². The first-order valence-corrected chi connectivity index (χ1v) is 6.54. The SMILES string of the molecule is N[C@@](CCSCc1ccccc1)(C(=O)O)C(F)F. The highest BCUT2D eigenvalue weighted by Crippen LogP contribution is 2.22. The van der Waals surface area contributed by atoms with Crippen molar-refractivity contribution in [1.82, 2.24) is 0 Å². The van der Waals surface area contributed by atoms with E-state index in [2.05, 4.69) is 0 Å². The smallest absolute Gasteiger partial charge is 0.329 e. The Hall–Kier alpha value is -1.14. The van der Waals surface area contributed by atoms with Crippen molar-refractivity contribution in [1.29, 1.82) is 0 Å². The number of rotatable bonds is 7. The van der Waals surface area contributed by atoms with Gasteiger partial charge in [-0.3, -0.25) is 0 Å². The van der Waals surface area contributed by atoms with Gasteiger partial charge in [-0.1, -0.05) is 30.3 Å². The quantitative estimate of drug-likeness (QED) is 0.750. The number of aliphatic carboxylic acids is 1. The Morgan fingerprint density at radius 1 is 1.39 bits per heavy atom. The van der Waals surface area contributed by atoms with Crippen molar-refractivity contribution in [3.8, 4) is 0 Å². The summed E-state index contributed by atoms with van der Waals surface area (Å²) < 4.78 is 25.1. The molecule has 0 fully saturated rings. The molecule has 0 aliphatic rings. The second kappa shape index (κ2) is 6.70. The molecule has 0 spiro atoms. The van der Waals surface area contributed by atoms with Gasteiger partial charge >= 0.3 is 5.97 Å². The largest absolute Gasteiger partial charge is 0.480 e. The Labute approximate surface area is 108 Å². The van der Waals surface area contributed by atoms with Crippen LogP contribution in [0.4, 0.5) is 8.78 Å². The standard InChI is InChI=1S/C12H15F2NO2S/c13-10(14)12(15,11(16)17)6-7-18-8-9-4-2-1-3-5-9/h1-5,10H,6-8,15H2,(H,16,17)/t12-/m1/s1. The predicted molar refractivity (Wildman–Crippen MR) is 67.8 cm³/mol. The molecule has 18 heavy (non-hydrogen) atoms. The average Bonchev–Trinajstić information content (AvgIpc) is 2.35. The fraction of sp³-hybridized carbons (Fsp3) is 0.417. The van der Waals surface area contributed by atoms with Crippen LogP contribution in [0, 0.1) is 0 Å². The van der Waals surface area contributed by atoms with Gasteiger partial charge in [0, 0.05) is 5.75 Å². The lowest BCUT2D eigenvalue weighted by Crippen LogP contribution is -2.54. The maximum atomic E-state index is 12.6. The third-order valence-corrected chi connectivity index (χ3v) is 3.59. The summed E-state index contributed by atoms with van der Waals surface area (Å²) in [5.41, 5.74) is 3.83. The van der Waals surface area contributed by atoms with E-state index in [1.54, 1.807) is 0 Å². The van der Waals surface area contributed by atoms with Crippen LogP contribution in [0.2, 0.25) is 0 Å². The van der Waals surface area contributed by atoms with E-state index in [0.29, 0.717) is 5.75 Å². The molecule has 0 saturated heterocycles. The van der Waals surface area contributed by atoms with E-state index in [0.717, 1.165) is 5.56 Å². The Balaban J connectivity index is 2.39. The van der Waals surface area contributed by atoms with Crippen LogP contribution in [-0.4, -0.2) is 28.8 Å². The molecule has 1 aromatic rings. The van der Waals surface area contributed by atoms with E-state index < -0.39 is 17.9 Å². The Morgan fingerprint density at radius 2 is 2.00 bits per heavy atom. The molecule has 0 radical (unpaired) electrons. The molecule has 1 aromatic carbocycles. The van der Waals surface area contributed by atoms with Gasteiger partial charge in [0.1, 0.15) is 0 Å². The number of carboxylic acid groups (broad SMARTS) is 1. The van der Waals surface area contributed by atoms with Gasteiger partial charge in [0.05, 0.1) is 0 Å². The van der Waals surface area contributed by atoms with Crippen LogP contribution in [0.3, 0.4) is 0 Å². The summed E-state index contributed by atoms with van der Waals surface area (Å²) in [6.45, 7) is 0. The van der Waals surface area contributed by atoms with Crippen LogP contribution in [0.25, 0.3) is 0 Å². The van der Waals surface area contributed by atoms with Crippen molar-refractivity contribution in [2.24, 2.45) is 5.73 Å². The molecule has 1 rings (SSSR count). The molecule has 1 atom stereocenters. The fourth-order valence-electron chi connectivity index (χ4n) is 1.31. The maximum Gasteiger partial charge on any atom is 0.329 e. The Morgan fingerprint density at radius 3 is 2.50 bits per heavy atom. The Kier molecular flexibility index (Phi) is 5.55. The van der Waals surface area contributed by atoms with Gasteiger partial charge in [-0.05, 0) is 17.7 Å². The minimum atomic E-state index is -3.06. The Bertz CT molecular complexity index is 389. The molecule has 0 bridgehead atoms. The molecule has 100 valence electrons. The van der Waals surface area contributed by atoms with Gasteiger partial charge in [0.2, 0.25) is 0 Å². The van der Waals surface area contributed by atoms with E-state index in [1.807, 2.05) is 30.3 Å². The molecule has 0 unspecified atom stereocenters. The molecule has 0 saturated carbocycles. The minimum Gasteiger partial charge on any atom is -0.480 e. The van der Waals surface area contributed by atoms with Gasteiger partial charge in [-0.25, -0.2) is 13.6 Å². The number of carboxylic acids is 1. The van der Waals surface area contributed by atoms with Crippen LogP contribution in [0.15, 0.2) is 30.3 Å². The first kappa shape index (κ1) is 14.9. The third kappa shape index (κ3) is 3.96. The van der Waals surface area contributed by atoms with E-state index in [9.17, 15) is 13.6 Å². The second-order valence-electron chi connectivity index (χ2n) is 3.93. The first-order valence-electron chi connectivity index (χ1n) is 5.39. The normalized spacial score (nSPS) is 14.4. The number of hydrogen-bond acceptors (Lipinski definition) is 3. The number of carbonyl (C=O) groups is 1. The van der Waals surface area contributed by atoms with Crippen molar-refractivity contribution in [2.75, 3.05) is 5.75 Å². The van der Waals surface area contributed by atoms with E-state index in [4.69, 9.17) is 10.8 Å². The van der Waals surface area contributed by atoms with E-state index >= 15 is 0 Å². The van der Waals surface area contributed by atoms with Crippen LogP contribution >= 0.6 is 11.8 Å². The summed E-state index contributed by atoms with van der Waals surface area (Å²) in [5.74, 6) is -0.722. The van der Waals surface area contributed by atoms with Crippen LogP contribution in [0.1, 0.15) is 12.0 Å². The molecule has 0 aliphatic carbocycles. The molecule has 0 aliphatic heterocycles. The van der Waals surface area contributed by atoms with Crippen molar-refractivity contribution < 1.29 is 18.7 Å². The van der Waals surface area contributed by atoms with Gasteiger partial charge in [0.25, 0.3) is 6.43 Å². The monoisotopic (exact) mass is 275 g/mol. The summed E-state index contributed by atoms with van der Waals surface area (Å²) in [6.07, 6.45) is -3.32. The van der Waals surface area contributed by atoms with Gasteiger partial charge in [-0.15, -0.1) is 0 Å². The molecule has 0 aromatic heterocycles. The number of benzene rings is 1. The molecule has 3 nitrogen and oxygen atoms in total. The van der Waals surface area contributed by atoms with E-state index in [1.165, 1.54) is 11.8 Å². The zero-order chi connectivity index (χ0) is 13.6. The summed E-state index contributed by atoms with van der Waals surface area (Å²) in [6, 6.07) is 9.51. The van der Waals surface area contributed by atoms with Crippen molar-refractivity contribution in [2.45, 2.75) is 24.1 Å². The number of nitrogens with two attached hydrogens (primary N) is 1. The van der Waals surface area contributed by atoms with Crippen molar-refractivity contribution in [3.05, 3.63) is 35.9 Å². The lowest BCUT2D eigenvalue weighted by molar-refractivity contribution is -0.149. The second-order valence-corrected chi connectivity index (χ2v) is 5.04. The third-order valence-electron chi connectivity index (χ3n) is 2.56. The summed E-state index contributed by atoms with van der Waals surface area (Å²) in [5, 5.41) is 8.71. The highest BCUT2D eigenvalue weighted by Gasteiger charge is 2.43. The number of hydrogen-bond donors (Lipinski definition) is 2. The fourth-order valence-corrected chi connectivity index (χ4v) is 2.37. The summed E-state index contributed by atoms with van der Waals surface area (Å²) >= 11 is 1.39. The number of thioether (sulfide) groups is 1.